The minimum atomic E-state index is -0.223. The maximum absolute atomic E-state index is 13.0. The first-order valence-electron chi connectivity index (χ1n) is 7.99. The van der Waals surface area contributed by atoms with Gasteiger partial charge in [-0.25, -0.2) is 4.39 Å². The molecule has 4 nitrogen and oxygen atoms in total. The molecule has 1 fully saturated rings. The van der Waals surface area contributed by atoms with E-state index < -0.39 is 0 Å². The zero-order valence-electron chi connectivity index (χ0n) is 13.5. The number of halogens is 1. The fourth-order valence-electron chi connectivity index (χ4n) is 3.24. The molecule has 3 rings (SSSR count). The zero-order chi connectivity index (χ0) is 16.4. The molecule has 5 heteroatoms. The molecule has 0 bridgehead atoms. The molecule has 1 atom stereocenters. The number of nitrogens with zero attached hydrogens (tertiary/aromatic N) is 2. The van der Waals surface area contributed by atoms with Crippen molar-refractivity contribution in [1.29, 1.82) is 0 Å². The lowest BCUT2D eigenvalue weighted by atomic mass is 9.98. The number of aromatic nitrogens is 1. The molecule has 1 saturated heterocycles. The third-order valence-corrected chi connectivity index (χ3v) is 4.65. The minimum absolute atomic E-state index is 0.162. The minimum Gasteiger partial charge on any atom is -0.361 e. The molecule has 0 saturated carbocycles. The second-order valence-electron chi connectivity index (χ2n) is 6.18. The molecule has 122 valence electrons. The Labute approximate surface area is 135 Å². The maximum atomic E-state index is 13.0. The Morgan fingerprint density at radius 3 is 2.74 bits per heavy atom. The molecule has 0 spiro atoms. The van der Waals surface area contributed by atoms with Crippen molar-refractivity contribution >= 4 is 5.91 Å². The Balaban J connectivity index is 1.56. The van der Waals surface area contributed by atoms with Gasteiger partial charge in [-0.05, 0) is 44.4 Å². The summed E-state index contributed by atoms with van der Waals surface area (Å²) in [6.45, 7) is 5.26. The fourth-order valence-corrected chi connectivity index (χ4v) is 3.24. The third kappa shape index (κ3) is 3.44. The highest BCUT2D eigenvalue weighted by molar-refractivity contribution is 5.77. The second kappa shape index (κ2) is 6.52. The van der Waals surface area contributed by atoms with Crippen LogP contribution < -0.4 is 0 Å². The fraction of sp³-hybridized carbons (Fsp3) is 0.444. The normalized spacial score (nSPS) is 17.7. The average molecular weight is 316 g/mol. The summed E-state index contributed by atoms with van der Waals surface area (Å²) in [5.74, 6) is 1.04. The average Bonchev–Trinajstić information content (AvgIpc) is 3.14. The summed E-state index contributed by atoms with van der Waals surface area (Å²) in [6, 6.07) is 6.60. The Morgan fingerprint density at radius 2 is 2.09 bits per heavy atom. The lowest BCUT2D eigenvalue weighted by molar-refractivity contribution is -0.130. The number of likely N-dealkylation sites (tertiary alicyclic amines) is 1. The first-order valence-corrected chi connectivity index (χ1v) is 7.99. The number of carbonyl (C=O) groups excluding carboxylic acids is 1. The van der Waals surface area contributed by atoms with E-state index in [0.717, 1.165) is 35.5 Å². The molecule has 23 heavy (non-hydrogen) atoms. The van der Waals surface area contributed by atoms with Gasteiger partial charge < -0.3 is 9.42 Å². The van der Waals surface area contributed by atoms with E-state index >= 15 is 0 Å². The highest BCUT2D eigenvalue weighted by atomic mass is 19.1. The van der Waals surface area contributed by atoms with Crippen molar-refractivity contribution in [3.05, 3.63) is 52.7 Å². The van der Waals surface area contributed by atoms with Crippen molar-refractivity contribution in [2.75, 3.05) is 13.1 Å². The number of hydrogen-bond donors (Lipinski definition) is 0. The summed E-state index contributed by atoms with van der Waals surface area (Å²) in [5.41, 5.74) is 3.00. The molecule has 0 radical (unpaired) electrons. The van der Waals surface area contributed by atoms with Crippen LogP contribution in [0.2, 0.25) is 0 Å². The van der Waals surface area contributed by atoms with Crippen LogP contribution in [0.3, 0.4) is 0 Å². The molecular formula is C18H21FN2O2. The smallest absolute Gasteiger partial charge is 0.222 e. The van der Waals surface area contributed by atoms with Crippen LogP contribution in [0.4, 0.5) is 4.39 Å². The number of carbonyl (C=O) groups is 1. The predicted octanol–water partition coefficient (Wildman–Crippen LogP) is 3.38. The van der Waals surface area contributed by atoms with Crippen LogP contribution in [0.15, 0.2) is 28.8 Å². The van der Waals surface area contributed by atoms with E-state index in [-0.39, 0.29) is 11.7 Å². The molecule has 0 aliphatic carbocycles. The summed E-state index contributed by atoms with van der Waals surface area (Å²) in [6.07, 6.45) is 2.07. The lowest BCUT2D eigenvalue weighted by Gasteiger charge is -2.16. The third-order valence-electron chi connectivity index (χ3n) is 4.65. The van der Waals surface area contributed by atoms with Crippen LogP contribution in [-0.2, 0) is 11.2 Å². The molecule has 1 unspecified atom stereocenters. The van der Waals surface area contributed by atoms with Gasteiger partial charge in [0.15, 0.2) is 0 Å². The van der Waals surface area contributed by atoms with Gasteiger partial charge in [-0.15, -0.1) is 0 Å². The highest BCUT2D eigenvalue weighted by Crippen LogP contribution is 2.28. The standard InChI is InChI=1S/C18H21FN2O2/c1-12-17(13(2)23-20-12)7-8-18(22)21-10-9-15(11-21)14-3-5-16(19)6-4-14/h3-6,15H,7-11H2,1-2H3. The van der Waals surface area contributed by atoms with Gasteiger partial charge in [-0.2, -0.15) is 0 Å². The van der Waals surface area contributed by atoms with Crippen molar-refractivity contribution in [3.8, 4) is 0 Å². The van der Waals surface area contributed by atoms with Gasteiger partial charge in [0, 0.05) is 31.0 Å². The number of benzene rings is 1. The molecule has 1 aromatic heterocycles. The van der Waals surface area contributed by atoms with Gasteiger partial charge in [-0.3, -0.25) is 4.79 Å². The first-order chi connectivity index (χ1) is 11.0. The Bertz CT molecular complexity index is 674. The van der Waals surface area contributed by atoms with Crippen LogP contribution in [0.1, 0.15) is 41.3 Å². The van der Waals surface area contributed by atoms with Crippen LogP contribution >= 0.6 is 0 Å². The van der Waals surface area contributed by atoms with E-state index in [1.807, 2.05) is 30.9 Å². The molecule has 2 heterocycles. The number of amides is 1. The second-order valence-corrected chi connectivity index (χ2v) is 6.18. The van der Waals surface area contributed by atoms with E-state index in [9.17, 15) is 9.18 Å². The molecule has 1 aromatic carbocycles. The summed E-state index contributed by atoms with van der Waals surface area (Å²) in [5, 5.41) is 3.92. The van der Waals surface area contributed by atoms with Gasteiger partial charge in [-0.1, -0.05) is 17.3 Å². The van der Waals surface area contributed by atoms with E-state index in [0.29, 0.717) is 25.3 Å². The van der Waals surface area contributed by atoms with Gasteiger partial charge >= 0.3 is 0 Å². The van der Waals surface area contributed by atoms with Crippen LogP contribution in [0.5, 0.6) is 0 Å². The number of aryl methyl sites for hydroxylation is 2. The molecule has 1 aliphatic rings. The quantitative estimate of drug-likeness (QED) is 0.868. The number of rotatable bonds is 4. The van der Waals surface area contributed by atoms with Crippen molar-refractivity contribution in [3.63, 3.8) is 0 Å². The highest BCUT2D eigenvalue weighted by Gasteiger charge is 2.27. The zero-order valence-corrected chi connectivity index (χ0v) is 13.5. The van der Waals surface area contributed by atoms with Gasteiger partial charge in [0.05, 0.1) is 5.69 Å². The van der Waals surface area contributed by atoms with Crippen molar-refractivity contribution in [1.82, 2.24) is 10.1 Å². The topological polar surface area (TPSA) is 46.3 Å². The van der Waals surface area contributed by atoms with Crippen molar-refractivity contribution in [2.24, 2.45) is 0 Å². The van der Waals surface area contributed by atoms with E-state index in [2.05, 4.69) is 5.16 Å². The maximum Gasteiger partial charge on any atom is 0.222 e. The monoisotopic (exact) mass is 316 g/mol. The molecule has 0 N–H and O–H groups in total. The lowest BCUT2D eigenvalue weighted by Crippen LogP contribution is -2.28. The van der Waals surface area contributed by atoms with Crippen LogP contribution in [0, 0.1) is 19.7 Å². The number of hydrogen-bond acceptors (Lipinski definition) is 3. The molecule has 1 amide bonds. The van der Waals surface area contributed by atoms with Crippen molar-refractivity contribution in [2.45, 2.75) is 39.0 Å². The molecule has 1 aliphatic heterocycles. The van der Waals surface area contributed by atoms with Gasteiger partial charge in [0.25, 0.3) is 0 Å². The summed E-state index contributed by atoms with van der Waals surface area (Å²) < 4.78 is 18.1. The van der Waals surface area contributed by atoms with Crippen molar-refractivity contribution < 1.29 is 13.7 Å². The van der Waals surface area contributed by atoms with Crippen LogP contribution in [-0.4, -0.2) is 29.1 Å². The Hall–Kier alpha value is -2.17. The Morgan fingerprint density at radius 1 is 1.35 bits per heavy atom. The van der Waals surface area contributed by atoms with E-state index in [4.69, 9.17) is 4.52 Å². The summed E-state index contributed by atoms with van der Waals surface area (Å²) in [4.78, 5) is 14.3. The summed E-state index contributed by atoms with van der Waals surface area (Å²) >= 11 is 0. The predicted molar refractivity (Wildman–Crippen MR) is 84.6 cm³/mol. The SMILES string of the molecule is Cc1noc(C)c1CCC(=O)N1CCC(c2ccc(F)cc2)C1. The van der Waals surface area contributed by atoms with Crippen LogP contribution in [0.25, 0.3) is 0 Å². The molecular weight excluding hydrogens is 295 g/mol. The van der Waals surface area contributed by atoms with E-state index in [1.165, 1.54) is 12.1 Å². The molecule has 2 aromatic rings. The first kappa shape index (κ1) is 15.7. The summed E-state index contributed by atoms with van der Waals surface area (Å²) in [7, 11) is 0. The van der Waals surface area contributed by atoms with Gasteiger partial charge in [0.1, 0.15) is 11.6 Å². The largest absolute Gasteiger partial charge is 0.361 e. The van der Waals surface area contributed by atoms with E-state index in [1.54, 1.807) is 0 Å². The Kier molecular flexibility index (Phi) is 4.46. The van der Waals surface area contributed by atoms with Gasteiger partial charge in [0.2, 0.25) is 5.91 Å².